The fourth-order valence-electron chi connectivity index (χ4n) is 2.55. The average molecular weight is 409 g/mol. The molecule has 0 bridgehead atoms. The van der Waals surface area contributed by atoms with E-state index >= 15 is 0 Å². The molecule has 2 aromatic rings. The maximum absolute atomic E-state index is 12.6. The van der Waals surface area contributed by atoms with Crippen molar-refractivity contribution in [2.75, 3.05) is 25.5 Å². The molecule has 7 heteroatoms. The number of carbonyl (C=O) groups excluding carboxylic acids is 2. The van der Waals surface area contributed by atoms with Gasteiger partial charge in [-0.2, -0.15) is 0 Å². The van der Waals surface area contributed by atoms with Gasteiger partial charge in [-0.05, 0) is 42.3 Å². The lowest BCUT2D eigenvalue weighted by Crippen LogP contribution is -2.39. The number of anilines is 1. The SMILES string of the molecule is CCCN(CC(=O)Nc1ccc(Cl)cc1Cl)C(=O)Cc1ccc(OC)cc1. The van der Waals surface area contributed by atoms with E-state index in [0.29, 0.717) is 22.3 Å². The minimum Gasteiger partial charge on any atom is -0.497 e. The van der Waals surface area contributed by atoms with Crippen LogP contribution in [0.1, 0.15) is 18.9 Å². The summed E-state index contributed by atoms with van der Waals surface area (Å²) < 4.78 is 5.12. The van der Waals surface area contributed by atoms with Crippen molar-refractivity contribution < 1.29 is 14.3 Å². The number of ether oxygens (including phenoxy) is 1. The molecule has 0 spiro atoms. The Morgan fingerprint density at radius 3 is 2.41 bits per heavy atom. The minimum atomic E-state index is -0.309. The Bertz CT molecular complexity index is 794. The van der Waals surface area contributed by atoms with Crippen molar-refractivity contribution in [2.24, 2.45) is 0 Å². The molecule has 0 fully saturated rings. The summed E-state index contributed by atoms with van der Waals surface area (Å²) in [7, 11) is 1.59. The number of rotatable bonds is 8. The second-order valence-electron chi connectivity index (χ2n) is 6.01. The van der Waals surface area contributed by atoms with Crippen LogP contribution in [0.25, 0.3) is 0 Å². The fraction of sp³-hybridized carbons (Fsp3) is 0.300. The van der Waals surface area contributed by atoms with Gasteiger partial charge in [0.25, 0.3) is 0 Å². The van der Waals surface area contributed by atoms with E-state index in [4.69, 9.17) is 27.9 Å². The number of nitrogens with zero attached hydrogens (tertiary/aromatic N) is 1. The van der Waals surface area contributed by atoms with Crippen molar-refractivity contribution in [3.63, 3.8) is 0 Å². The molecule has 27 heavy (non-hydrogen) atoms. The predicted octanol–water partition coefficient (Wildman–Crippen LogP) is 4.42. The van der Waals surface area contributed by atoms with Crippen LogP contribution in [0, 0.1) is 0 Å². The Balaban J connectivity index is 1.99. The molecule has 0 aromatic heterocycles. The van der Waals surface area contributed by atoms with Crippen LogP contribution in [0.3, 0.4) is 0 Å². The first-order valence-corrected chi connectivity index (χ1v) is 9.34. The highest BCUT2D eigenvalue weighted by Crippen LogP contribution is 2.25. The topological polar surface area (TPSA) is 58.6 Å². The third-order valence-electron chi connectivity index (χ3n) is 3.90. The Morgan fingerprint density at radius 2 is 1.81 bits per heavy atom. The smallest absolute Gasteiger partial charge is 0.244 e. The molecule has 2 amide bonds. The minimum absolute atomic E-state index is 0.0399. The number of hydrogen-bond acceptors (Lipinski definition) is 3. The number of hydrogen-bond donors (Lipinski definition) is 1. The van der Waals surface area contributed by atoms with E-state index in [9.17, 15) is 9.59 Å². The van der Waals surface area contributed by atoms with Crippen LogP contribution in [0.15, 0.2) is 42.5 Å². The molecule has 144 valence electrons. The number of methoxy groups -OCH3 is 1. The first-order chi connectivity index (χ1) is 12.9. The van der Waals surface area contributed by atoms with Crippen LogP contribution < -0.4 is 10.1 Å². The van der Waals surface area contributed by atoms with Crippen LogP contribution in [0.5, 0.6) is 5.75 Å². The third kappa shape index (κ3) is 6.45. The first kappa shape index (κ1) is 21.1. The Morgan fingerprint density at radius 1 is 1.11 bits per heavy atom. The van der Waals surface area contributed by atoms with E-state index < -0.39 is 0 Å². The predicted molar refractivity (Wildman–Crippen MR) is 109 cm³/mol. The Labute approximate surface area is 169 Å². The van der Waals surface area contributed by atoms with Gasteiger partial charge in [0.1, 0.15) is 5.75 Å². The quantitative estimate of drug-likeness (QED) is 0.702. The van der Waals surface area contributed by atoms with Gasteiger partial charge < -0.3 is 15.0 Å². The van der Waals surface area contributed by atoms with Crippen molar-refractivity contribution in [1.82, 2.24) is 4.90 Å². The van der Waals surface area contributed by atoms with Crippen molar-refractivity contribution in [1.29, 1.82) is 0 Å². The van der Waals surface area contributed by atoms with E-state index in [0.717, 1.165) is 17.7 Å². The highest BCUT2D eigenvalue weighted by molar-refractivity contribution is 6.36. The molecule has 0 radical (unpaired) electrons. The van der Waals surface area contributed by atoms with Gasteiger partial charge in [-0.25, -0.2) is 0 Å². The van der Waals surface area contributed by atoms with E-state index in [1.165, 1.54) is 0 Å². The lowest BCUT2D eigenvalue weighted by atomic mass is 10.1. The van der Waals surface area contributed by atoms with Crippen LogP contribution in [-0.2, 0) is 16.0 Å². The molecule has 5 nitrogen and oxygen atoms in total. The summed E-state index contributed by atoms with van der Waals surface area (Å²) in [6, 6.07) is 12.1. The van der Waals surface area contributed by atoms with Gasteiger partial charge in [-0.15, -0.1) is 0 Å². The molecule has 0 heterocycles. The summed E-state index contributed by atoms with van der Waals surface area (Å²) in [5.41, 5.74) is 1.33. The van der Waals surface area contributed by atoms with Gasteiger partial charge in [-0.3, -0.25) is 9.59 Å². The molecule has 0 saturated heterocycles. The summed E-state index contributed by atoms with van der Waals surface area (Å²) in [4.78, 5) is 26.5. The Hall–Kier alpha value is -2.24. The van der Waals surface area contributed by atoms with Gasteiger partial charge in [0.15, 0.2) is 0 Å². The summed E-state index contributed by atoms with van der Waals surface area (Å²) in [6.07, 6.45) is 0.975. The standard InChI is InChI=1S/C20H22Cl2N2O3/c1-3-10-24(20(26)11-14-4-7-16(27-2)8-5-14)13-19(25)23-18-9-6-15(21)12-17(18)22/h4-9,12H,3,10-11,13H2,1-2H3,(H,23,25). The molecule has 0 atom stereocenters. The second-order valence-corrected chi connectivity index (χ2v) is 6.86. The summed E-state index contributed by atoms with van der Waals surface area (Å²) in [5, 5.41) is 3.56. The van der Waals surface area contributed by atoms with Crippen molar-refractivity contribution in [2.45, 2.75) is 19.8 Å². The zero-order chi connectivity index (χ0) is 19.8. The number of nitrogens with one attached hydrogen (secondary N) is 1. The molecular formula is C20H22Cl2N2O3. The average Bonchev–Trinajstić information content (AvgIpc) is 2.64. The fourth-order valence-corrected chi connectivity index (χ4v) is 3.00. The largest absolute Gasteiger partial charge is 0.497 e. The molecular weight excluding hydrogens is 387 g/mol. The van der Waals surface area contributed by atoms with Gasteiger partial charge in [-0.1, -0.05) is 42.3 Å². The zero-order valence-electron chi connectivity index (χ0n) is 15.3. The molecule has 1 N–H and O–H groups in total. The van der Waals surface area contributed by atoms with Crippen LogP contribution in [0.2, 0.25) is 10.0 Å². The van der Waals surface area contributed by atoms with E-state index in [2.05, 4.69) is 5.32 Å². The zero-order valence-corrected chi connectivity index (χ0v) is 16.8. The maximum Gasteiger partial charge on any atom is 0.244 e. The van der Waals surface area contributed by atoms with E-state index in [1.54, 1.807) is 30.2 Å². The van der Waals surface area contributed by atoms with Crippen LogP contribution in [-0.4, -0.2) is 36.9 Å². The summed E-state index contributed by atoms with van der Waals surface area (Å²) >= 11 is 11.9. The second kappa shape index (κ2) is 10.2. The normalized spacial score (nSPS) is 10.4. The van der Waals surface area contributed by atoms with Gasteiger partial charge in [0.05, 0.1) is 30.8 Å². The highest BCUT2D eigenvalue weighted by Gasteiger charge is 2.17. The van der Waals surface area contributed by atoms with Gasteiger partial charge in [0, 0.05) is 11.6 Å². The molecule has 2 aromatic carbocycles. The first-order valence-electron chi connectivity index (χ1n) is 8.58. The highest BCUT2D eigenvalue weighted by atomic mass is 35.5. The molecule has 0 aliphatic heterocycles. The monoisotopic (exact) mass is 408 g/mol. The van der Waals surface area contributed by atoms with E-state index in [-0.39, 0.29) is 24.8 Å². The van der Waals surface area contributed by atoms with Crippen molar-refractivity contribution in [3.05, 3.63) is 58.1 Å². The molecule has 0 unspecified atom stereocenters. The molecule has 0 aliphatic carbocycles. The molecule has 2 rings (SSSR count). The number of halogens is 2. The van der Waals surface area contributed by atoms with Crippen molar-refractivity contribution >= 4 is 40.7 Å². The van der Waals surface area contributed by atoms with Crippen LogP contribution >= 0.6 is 23.2 Å². The summed E-state index contributed by atoms with van der Waals surface area (Å²) in [5.74, 6) is 0.311. The number of amides is 2. The summed E-state index contributed by atoms with van der Waals surface area (Å²) in [6.45, 7) is 2.42. The van der Waals surface area contributed by atoms with Crippen LogP contribution in [0.4, 0.5) is 5.69 Å². The number of carbonyl (C=O) groups is 2. The lowest BCUT2D eigenvalue weighted by molar-refractivity contribution is -0.134. The van der Waals surface area contributed by atoms with Gasteiger partial charge in [0.2, 0.25) is 11.8 Å². The van der Waals surface area contributed by atoms with Crippen molar-refractivity contribution in [3.8, 4) is 5.75 Å². The number of benzene rings is 2. The maximum atomic E-state index is 12.6. The molecule has 0 saturated carbocycles. The van der Waals surface area contributed by atoms with E-state index in [1.807, 2.05) is 31.2 Å². The van der Waals surface area contributed by atoms with Gasteiger partial charge >= 0.3 is 0 Å². The third-order valence-corrected chi connectivity index (χ3v) is 4.45. The lowest BCUT2D eigenvalue weighted by Gasteiger charge is -2.22. The molecule has 0 aliphatic rings. The Kier molecular flexibility index (Phi) is 7.95.